The van der Waals surface area contributed by atoms with E-state index in [0.29, 0.717) is 12.1 Å². The molecule has 0 aromatic heterocycles. The van der Waals surface area contributed by atoms with E-state index in [1.807, 2.05) is 0 Å². The average molecular weight is 268 g/mol. The molecule has 2 rings (SSSR count). The zero-order valence-corrected chi connectivity index (χ0v) is 13.2. The second-order valence-electron chi connectivity index (χ2n) is 7.23. The van der Waals surface area contributed by atoms with Crippen LogP contribution >= 0.6 is 0 Å². The van der Waals surface area contributed by atoms with Gasteiger partial charge in [0.1, 0.15) is 0 Å². The van der Waals surface area contributed by atoms with Gasteiger partial charge in [-0.3, -0.25) is 4.90 Å². The van der Waals surface area contributed by atoms with Gasteiger partial charge in [-0.25, -0.2) is 0 Å². The summed E-state index contributed by atoms with van der Waals surface area (Å²) in [5.41, 5.74) is 0. The maximum Gasteiger partial charge on any atom is 0.0507 e. The van der Waals surface area contributed by atoms with Crippen LogP contribution in [0.5, 0.6) is 0 Å². The molecule has 0 spiro atoms. The molecule has 0 bridgehead atoms. The molecule has 3 heteroatoms. The summed E-state index contributed by atoms with van der Waals surface area (Å²) in [6, 6.07) is 1.38. The lowest BCUT2D eigenvalue weighted by molar-refractivity contribution is 0.0721. The molecular weight excluding hydrogens is 236 g/mol. The van der Waals surface area contributed by atoms with Gasteiger partial charge in [-0.05, 0) is 30.6 Å². The number of nitrogens with one attached hydrogen (secondary N) is 1. The highest BCUT2D eigenvalue weighted by Gasteiger charge is 2.32. The lowest BCUT2D eigenvalue weighted by Gasteiger charge is -2.43. The van der Waals surface area contributed by atoms with E-state index in [1.54, 1.807) is 0 Å². The fourth-order valence-corrected chi connectivity index (χ4v) is 3.55. The van der Waals surface area contributed by atoms with Crippen LogP contribution in [-0.4, -0.2) is 49.8 Å². The molecule has 2 saturated heterocycles. The SMILES string of the molecule is CC(C)CC1CN(CC2CCOC2)C(C(C)C)CN1. The molecule has 3 unspecified atom stereocenters. The molecule has 0 radical (unpaired) electrons. The Balaban J connectivity index is 1.91. The molecule has 19 heavy (non-hydrogen) atoms. The van der Waals surface area contributed by atoms with E-state index in [9.17, 15) is 0 Å². The number of rotatable bonds is 5. The highest BCUT2D eigenvalue weighted by atomic mass is 16.5. The normalized spacial score (nSPS) is 33.5. The zero-order chi connectivity index (χ0) is 13.8. The maximum absolute atomic E-state index is 5.54. The van der Waals surface area contributed by atoms with E-state index in [2.05, 4.69) is 37.9 Å². The Kier molecular flexibility index (Phi) is 5.67. The van der Waals surface area contributed by atoms with Gasteiger partial charge in [0.2, 0.25) is 0 Å². The Morgan fingerprint density at radius 3 is 2.63 bits per heavy atom. The third-order valence-corrected chi connectivity index (χ3v) is 4.58. The number of hydrogen-bond acceptors (Lipinski definition) is 3. The smallest absolute Gasteiger partial charge is 0.0507 e. The molecule has 3 nitrogen and oxygen atoms in total. The van der Waals surface area contributed by atoms with Gasteiger partial charge in [0.15, 0.2) is 0 Å². The van der Waals surface area contributed by atoms with E-state index in [-0.39, 0.29) is 0 Å². The van der Waals surface area contributed by atoms with Crippen LogP contribution in [0.2, 0.25) is 0 Å². The van der Waals surface area contributed by atoms with Crippen molar-refractivity contribution in [2.45, 2.75) is 52.6 Å². The maximum atomic E-state index is 5.54. The van der Waals surface area contributed by atoms with Crippen LogP contribution in [-0.2, 0) is 4.74 Å². The van der Waals surface area contributed by atoms with Crippen molar-refractivity contribution in [3.63, 3.8) is 0 Å². The molecule has 0 saturated carbocycles. The monoisotopic (exact) mass is 268 g/mol. The summed E-state index contributed by atoms with van der Waals surface area (Å²) in [5, 5.41) is 3.76. The first-order valence-corrected chi connectivity index (χ1v) is 8.11. The Bertz CT molecular complexity index is 261. The first-order chi connectivity index (χ1) is 9.06. The van der Waals surface area contributed by atoms with Gasteiger partial charge in [-0.15, -0.1) is 0 Å². The predicted molar refractivity (Wildman–Crippen MR) is 80.4 cm³/mol. The van der Waals surface area contributed by atoms with Crippen LogP contribution < -0.4 is 5.32 Å². The van der Waals surface area contributed by atoms with Crippen molar-refractivity contribution in [3.05, 3.63) is 0 Å². The highest BCUT2D eigenvalue weighted by Crippen LogP contribution is 2.22. The zero-order valence-electron chi connectivity index (χ0n) is 13.2. The molecular formula is C16H32N2O. The molecule has 0 aromatic carbocycles. The van der Waals surface area contributed by atoms with E-state index in [4.69, 9.17) is 4.74 Å². The van der Waals surface area contributed by atoms with Crippen molar-refractivity contribution < 1.29 is 4.74 Å². The summed E-state index contributed by atoms with van der Waals surface area (Å²) >= 11 is 0. The van der Waals surface area contributed by atoms with Gasteiger partial charge in [0, 0.05) is 38.3 Å². The van der Waals surface area contributed by atoms with E-state index >= 15 is 0 Å². The number of ether oxygens (including phenoxy) is 1. The Labute approximate surface area is 119 Å². The first kappa shape index (κ1) is 15.3. The second-order valence-corrected chi connectivity index (χ2v) is 7.23. The van der Waals surface area contributed by atoms with E-state index in [1.165, 1.54) is 25.9 Å². The minimum atomic E-state index is 0.678. The van der Waals surface area contributed by atoms with Crippen LogP contribution in [0.1, 0.15) is 40.5 Å². The molecule has 112 valence electrons. The topological polar surface area (TPSA) is 24.5 Å². The average Bonchev–Trinajstić information content (AvgIpc) is 2.80. The Morgan fingerprint density at radius 1 is 1.26 bits per heavy atom. The standard InChI is InChI=1S/C16H32N2O/c1-12(2)7-15-10-18(9-14-5-6-19-11-14)16(8-17-15)13(3)4/h12-17H,5-11H2,1-4H3. The minimum absolute atomic E-state index is 0.678. The summed E-state index contributed by atoms with van der Waals surface area (Å²) in [6.45, 7) is 14.9. The van der Waals surface area contributed by atoms with Crippen LogP contribution in [0.15, 0.2) is 0 Å². The predicted octanol–water partition coefficient (Wildman–Crippen LogP) is 2.37. The van der Waals surface area contributed by atoms with Gasteiger partial charge in [0.05, 0.1) is 6.61 Å². The van der Waals surface area contributed by atoms with E-state index in [0.717, 1.165) is 37.5 Å². The number of piperazine rings is 1. The molecule has 3 atom stereocenters. The van der Waals surface area contributed by atoms with Gasteiger partial charge in [0.25, 0.3) is 0 Å². The van der Waals surface area contributed by atoms with Gasteiger partial charge >= 0.3 is 0 Å². The summed E-state index contributed by atoms with van der Waals surface area (Å²) in [5.74, 6) is 2.28. The molecule has 1 N–H and O–H groups in total. The molecule has 0 aliphatic carbocycles. The number of hydrogen-bond donors (Lipinski definition) is 1. The first-order valence-electron chi connectivity index (χ1n) is 8.11. The third-order valence-electron chi connectivity index (χ3n) is 4.58. The fourth-order valence-electron chi connectivity index (χ4n) is 3.55. The third kappa shape index (κ3) is 4.44. The van der Waals surface area contributed by atoms with Crippen molar-refractivity contribution >= 4 is 0 Å². The summed E-state index contributed by atoms with van der Waals surface area (Å²) in [6.07, 6.45) is 2.55. The van der Waals surface area contributed by atoms with Gasteiger partial charge in [-0.1, -0.05) is 27.7 Å². The van der Waals surface area contributed by atoms with Crippen molar-refractivity contribution in [1.29, 1.82) is 0 Å². The summed E-state index contributed by atoms with van der Waals surface area (Å²) in [4.78, 5) is 2.74. The largest absolute Gasteiger partial charge is 0.381 e. The number of nitrogens with zero attached hydrogens (tertiary/aromatic N) is 1. The lowest BCUT2D eigenvalue weighted by atomic mass is 9.93. The Hall–Kier alpha value is -0.120. The van der Waals surface area contributed by atoms with E-state index < -0.39 is 0 Å². The summed E-state index contributed by atoms with van der Waals surface area (Å²) in [7, 11) is 0. The molecule has 2 heterocycles. The fraction of sp³-hybridized carbons (Fsp3) is 1.00. The molecule has 2 aliphatic heterocycles. The quantitative estimate of drug-likeness (QED) is 0.828. The minimum Gasteiger partial charge on any atom is -0.381 e. The molecule has 2 aliphatic rings. The highest BCUT2D eigenvalue weighted by molar-refractivity contribution is 4.89. The molecule has 2 fully saturated rings. The van der Waals surface area contributed by atoms with Gasteiger partial charge < -0.3 is 10.1 Å². The van der Waals surface area contributed by atoms with Crippen LogP contribution in [0.4, 0.5) is 0 Å². The van der Waals surface area contributed by atoms with Crippen molar-refractivity contribution in [3.8, 4) is 0 Å². The lowest BCUT2D eigenvalue weighted by Crippen LogP contribution is -2.59. The van der Waals surface area contributed by atoms with Gasteiger partial charge in [-0.2, -0.15) is 0 Å². The van der Waals surface area contributed by atoms with Crippen LogP contribution in [0, 0.1) is 17.8 Å². The van der Waals surface area contributed by atoms with Crippen LogP contribution in [0.3, 0.4) is 0 Å². The van der Waals surface area contributed by atoms with Crippen molar-refractivity contribution in [1.82, 2.24) is 10.2 Å². The molecule has 0 amide bonds. The second kappa shape index (κ2) is 7.05. The summed E-state index contributed by atoms with van der Waals surface area (Å²) < 4.78 is 5.54. The molecule has 0 aromatic rings. The van der Waals surface area contributed by atoms with Crippen molar-refractivity contribution in [2.75, 3.05) is 32.8 Å². The van der Waals surface area contributed by atoms with Crippen molar-refractivity contribution in [2.24, 2.45) is 17.8 Å². The van der Waals surface area contributed by atoms with Crippen LogP contribution in [0.25, 0.3) is 0 Å². The Morgan fingerprint density at radius 2 is 2.05 bits per heavy atom.